The highest BCUT2D eigenvalue weighted by Crippen LogP contribution is 2.21. The first kappa shape index (κ1) is 14.9. The largest absolute Gasteiger partial charge is 0.391 e. The molecule has 0 aliphatic rings. The van der Waals surface area contributed by atoms with Gasteiger partial charge in [-0.2, -0.15) is 0 Å². The molecule has 0 spiro atoms. The van der Waals surface area contributed by atoms with Gasteiger partial charge in [0.1, 0.15) is 12.1 Å². The van der Waals surface area contributed by atoms with E-state index in [1.54, 1.807) is 13.3 Å². The second kappa shape index (κ2) is 8.00. The summed E-state index contributed by atoms with van der Waals surface area (Å²) in [6, 6.07) is 0.403. The number of aromatic nitrogens is 2. The molecule has 0 saturated heterocycles. The van der Waals surface area contributed by atoms with Gasteiger partial charge in [0, 0.05) is 31.5 Å². The molecular formula is C13H23N3O2. The Hall–Kier alpha value is -1.20. The Labute approximate surface area is 109 Å². The van der Waals surface area contributed by atoms with Crippen LogP contribution >= 0.6 is 0 Å². The molecule has 102 valence electrons. The van der Waals surface area contributed by atoms with Crippen molar-refractivity contribution >= 4 is 5.82 Å². The highest BCUT2D eigenvalue weighted by Gasteiger charge is 2.19. The fourth-order valence-corrected chi connectivity index (χ4v) is 2.10. The van der Waals surface area contributed by atoms with Crippen LogP contribution in [-0.4, -0.2) is 41.4 Å². The number of aliphatic hydroxyl groups is 1. The lowest BCUT2D eigenvalue weighted by Gasteiger charge is -2.32. The summed E-state index contributed by atoms with van der Waals surface area (Å²) in [6.45, 7) is 5.69. The van der Waals surface area contributed by atoms with Gasteiger partial charge >= 0.3 is 0 Å². The minimum atomic E-state index is -0.0419. The molecule has 0 aromatic carbocycles. The van der Waals surface area contributed by atoms with Gasteiger partial charge in [-0.05, 0) is 12.8 Å². The first-order valence-corrected chi connectivity index (χ1v) is 6.43. The standard InChI is InChI=1S/C13H23N3O2/c1-4-12(5-2)16(6-7-18-3)13-11(9-17)8-14-10-15-13/h8,10,12,17H,4-7,9H2,1-3H3. The van der Waals surface area contributed by atoms with Crippen molar-refractivity contribution in [1.29, 1.82) is 0 Å². The average molecular weight is 253 g/mol. The summed E-state index contributed by atoms with van der Waals surface area (Å²) >= 11 is 0. The molecule has 1 rings (SSSR count). The molecule has 5 nitrogen and oxygen atoms in total. The molecule has 1 aromatic heterocycles. The van der Waals surface area contributed by atoms with Gasteiger partial charge in [0.15, 0.2) is 0 Å². The van der Waals surface area contributed by atoms with Crippen molar-refractivity contribution in [3.05, 3.63) is 18.1 Å². The minimum absolute atomic E-state index is 0.0419. The van der Waals surface area contributed by atoms with Gasteiger partial charge in [0.25, 0.3) is 0 Å². The SMILES string of the molecule is CCC(CC)N(CCOC)c1ncncc1CO. The zero-order chi connectivity index (χ0) is 13.4. The van der Waals surface area contributed by atoms with E-state index in [-0.39, 0.29) is 6.61 Å². The van der Waals surface area contributed by atoms with Crippen LogP contribution in [0.25, 0.3) is 0 Å². The first-order chi connectivity index (χ1) is 8.78. The van der Waals surface area contributed by atoms with E-state index in [4.69, 9.17) is 4.74 Å². The average Bonchev–Trinajstić information content (AvgIpc) is 2.43. The molecule has 0 saturated carbocycles. The zero-order valence-electron chi connectivity index (χ0n) is 11.5. The molecule has 1 N–H and O–H groups in total. The van der Waals surface area contributed by atoms with Crippen molar-refractivity contribution in [1.82, 2.24) is 9.97 Å². The van der Waals surface area contributed by atoms with Crippen LogP contribution < -0.4 is 4.90 Å². The summed E-state index contributed by atoms with van der Waals surface area (Å²) in [5, 5.41) is 9.38. The predicted octanol–water partition coefficient (Wildman–Crippen LogP) is 1.61. The molecule has 0 fully saturated rings. The molecule has 1 heterocycles. The maximum absolute atomic E-state index is 9.38. The van der Waals surface area contributed by atoms with Gasteiger partial charge in [0.05, 0.1) is 13.2 Å². The summed E-state index contributed by atoms with van der Waals surface area (Å²) in [5.74, 6) is 0.818. The molecule has 0 unspecified atom stereocenters. The number of nitrogens with zero attached hydrogens (tertiary/aromatic N) is 3. The zero-order valence-corrected chi connectivity index (χ0v) is 11.5. The van der Waals surface area contributed by atoms with Crippen LogP contribution in [0.3, 0.4) is 0 Å². The predicted molar refractivity (Wildman–Crippen MR) is 71.5 cm³/mol. The molecule has 0 amide bonds. The van der Waals surface area contributed by atoms with Crippen molar-refractivity contribution in [2.24, 2.45) is 0 Å². The van der Waals surface area contributed by atoms with Crippen LogP contribution in [0.5, 0.6) is 0 Å². The number of ether oxygens (including phenoxy) is 1. The maximum Gasteiger partial charge on any atom is 0.137 e. The van der Waals surface area contributed by atoms with Crippen molar-refractivity contribution < 1.29 is 9.84 Å². The van der Waals surface area contributed by atoms with Gasteiger partial charge in [-0.25, -0.2) is 9.97 Å². The quantitative estimate of drug-likeness (QED) is 0.762. The molecule has 18 heavy (non-hydrogen) atoms. The van der Waals surface area contributed by atoms with Gasteiger partial charge in [-0.1, -0.05) is 13.8 Å². The van der Waals surface area contributed by atoms with E-state index in [1.165, 1.54) is 6.33 Å². The topological polar surface area (TPSA) is 58.5 Å². The molecule has 1 aromatic rings. The third-order valence-electron chi connectivity index (χ3n) is 3.13. The summed E-state index contributed by atoms with van der Waals surface area (Å²) in [7, 11) is 1.69. The molecule has 0 aliphatic heterocycles. The van der Waals surface area contributed by atoms with Crippen molar-refractivity contribution in [3.63, 3.8) is 0 Å². The number of hydrogen-bond acceptors (Lipinski definition) is 5. The Kier molecular flexibility index (Phi) is 6.60. The number of rotatable bonds is 8. The summed E-state index contributed by atoms with van der Waals surface area (Å²) < 4.78 is 5.16. The third-order valence-corrected chi connectivity index (χ3v) is 3.13. The Morgan fingerprint density at radius 2 is 2.11 bits per heavy atom. The third kappa shape index (κ3) is 3.65. The van der Waals surface area contributed by atoms with Crippen molar-refractivity contribution in [2.75, 3.05) is 25.2 Å². The fourth-order valence-electron chi connectivity index (χ4n) is 2.10. The number of hydrogen-bond donors (Lipinski definition) is 1. The van der Waals surface area contributed by atoms with Crippen LogP contribution in [0.4, 0.5) is 5.82 Å². The van der Waals surface area contributed by atoms with Gasteiger partial charge in [-0.3, -0.25) is 0 Å². The van der Waals surface area contributed by atoms with E-state index in [2.05, 4.69) is 28.7 Å². The van der Waals surface area contributed by atoms with E-state index in [1.807, 2.05) is 0 Å². The second-order valence-corrected chi connectivity index (χ2v) is 4.19. The van der Waals surface area contributed by atoms with E-state index in [9.17, 15) is 5.11 Å². The Morgan fingerprint density at radius 3 is 2.67 bits per heavy atom. The summed E-state index contributed by atoms with van der Waals surface area (Å²) in [6.07, 6.45) is 5.27. The van der Waals surface area contributed by atoms with Crippen molar-refractivity contribution in [2.45, 2.75) is 39.3 Å². The van der Waals surface area contributed by atoms with Crippen LogP contribution in [0, 0.1) is 0 Å². The molecule has 0 radical (unpaired) electrons. The molecule has 0 bridgehead atoms. The highest BCUT2D eigenvalue weighted by atomic mass is 16.5. The lowest BCUT2D eigenvalue weighted by molar-refractivity contribution is 0.202. The van der Waals surface area contributed by atoms with E-state index >= 15 is 0 Å². The molecule has 5 heteroatoms. The van der Waals surface area contributed by atoms with Gasteiger partial charge in [-0.15, -0.1) is 0 Å². The second-order valence-electron chi connectivity index (χ2n) is 4.19. The normalized spacial score (nSPS) is 10.9. The Balaban J connectivity index is 2.99. The number of aliphatic hydroxyl groups excluding tert-OH is 1. The van der Waals surface area contributed by atoms with Crippen molar-refractivity contribution in [3.8, 4) is 0 Å². The van der Waals surface area contributed by atoms with Crippen LogP contribution in [0.2, 0.25) is 0 Å². The first-order valence-electron chi connectivity index (χ1n) is 6.43. The molecular weight excluding hydrogens is 230 g/mol. The van der Waals surface area contributed by atoms with Crippen LogP contribution in [0.1, 0.15) is 32.3 Å². The molecule has 0 atom stereocenters. The lowest BCUT2D eigenvalue weighted by atomic mass is 10.1. The number of anilines is 1. The lowest BCUT2D eigenvalue weighted by Crippen LogP contribution is -2.38. The van der Waals surface area contributed by atoms with Gasteiger partial charge < -0.3 is 14.7 Å². The number of methoxy groups -OCH3 is 1. The Bertz CT molecular complexity index is 343. The van der Waals surface area contributed by atoms with Crippen LogP contribution in [0.15, 0.2) is 12.5 Å². The van der Waals surface area contributed by atoms with E-state index in [0.29, 0.717) is 12.6 Å². The fraction of sp³-hybridized carbons (Fsp3) is 0.692. The summed E-state index contributed by atoms with van der Waals surface area (Å²) in [5.41, 5.74) is 0.764. The Morgan fingerprint density at radius 1 is 1.39 bits per heavy atom. The van der Waals surface area contributed by atoms with E-state index < -0.39 is 0 Å². The monoisotopic (exact) mass is 253 g/mol. The highest BCUT2D eigenvalue weighted by molar-refractivity contribution is 5.46. The summed E-state index contributed by atoms with van der Waals surface area (Å²) in [4.78, 5) is 10.5. The maximum atomic E-state index is 9.38. The minimum Gasteiger partial charge on any atom is -0.391 e. The van der Waals surface area contributed by atoms with Gasteiger partial charge in [0.2, 0.25) is 0 Å². The van der Waals surface area contributed by atoms with E-state index in [0.717, 1.165) is 30.8 Å². The van der Waals surface area contributed by atoms with Crippen LogP contribution in [-0.2, 0) is 11.3 Å². The smallest absolute Gasteiger partial charge is 0.137 e. The molecule has 0 aliphatic carbocycles.